The molecule has 154 valence electrons. The first-order valence-corrected chi connectivity index (χ1v) is 11.2. The van der Waals surface area contributed by atoms with E-state index >= 15 is 0 Å². The van der Waals surface area contributed by atoms with Gasteiger partial charge in [0.25, 0.3) is 0 Å². The lowest BCUT2D eigenvalue weighted by atomic mass is 9.46. The van der Waals surface area contributed by atoms with Crippen LogP contribution in [-0.4, -0.2) is 29.1 Å². The van der Waals surface area contributed by atoms with Gasteiger partial charge in [-0.15, -0.1) is 0 Å². The van der Waals surface area contributed by atoms with E-state index in [1.54, 1.807) is 6.92 Å². The van der Waals surface area contributed by atoms with Crippen molar-refractivity contribution in [3.63, 3.8) is 0 Å². The zero-order valence-electron chi connectivity index (χ0n) is 18.0. The van der Waals surface area contributed by atoms with Gasteiger partial charge in [0.1, 0.15) is 0 Å². The van der Waals surface area contributed by atoms with Gasteiger partial charge in [0.05, 0.1) is 6.10 Å². The van der Waals surface area contributed by atoms with Crippen LogP contribution in [0.2, 0.25) is 0 Å². The van der Waals surface area contributed by atoms with E-state index in [2.05, 4.69) is 13.8 Å². The normalized spacial score (nSPS) is 51.6. The Bertz CT molecular complexity index is 781. The number of carbonyl (C=O) groups excluding carboxylic acids is 2. The molecular weight excluding hydrogens is 352 g/mol. The van der Waals surface area contributed by atoms with E-state index in [4.69, 9.17) is 9.47 Å². The molecule has 0 spiro atoms. The van der Waals surface area contributed by atoms with E-state index < -0.39 is 11.4 Å². The monoisotopic (exact) mass is 386 g/mol. The van der Waals surface area contributed by atoms with Crippen LogP contribution in [0.1, 0.15) is 79.6 Å². The van der Waals surface area contributed by atoms with E-state index in [0.717, 1.165) is 38.5 Å². The zero-order chi connectivity index (χ0) is 20.1. The Morgan fingerprint density at radius 1 is 1.07 bits per heavy atom. The Morgan fingerprint density at radius 2 is 1.82 bits per heavy atom. The molecule has 0 N–H and O–H groups in total. The average Bonchev–Trinajstić information content (AvgIpc) is 3.02. The molecule has 0 aromatic rings. The number of Topliss-reactive ketones (excluding diaryl/α,β-unsaturated/α-hetero) is 1. The van der Waals surface area contributed by atoms with Crippen LogP contribution in [0.4, 0.5) is 0 Å². The fraction of sp³-hybridized carbons (Fsp3) is 0.833. The first-order chi connectivity index (χ1) is 13.0. The van der Waals surface area contributed by atoms with Crippen LogP contribution in [0.15, 0.2) is 11.6 Å². The summed E-state index contributed by atoms with van der Waals surface area (Å²) in [6.07, 6.45) is 8.71. The quantitative estimate of drug-likeness (QED) is 0.660. The maximum Gasteiger partial charge on any atom is 0.164 e. The lowest BCUT2D eigenvalue weighted by Gasteiger charge is -2.59. The van der Waals surface area contributed by atoms with Crippen LogP contribution in [-0.2, 0) is 19.1 Å². The molecule has 1 saturated heterocycles. The van der Waals surface area contributed by atoms with Crippen molar-refractivity contribution in [1.82, 2.24) is 0 Å². The average molecular weight is 387 g/mol. The topological polar surface area (TPSA) is 52.6 Å². The predicted molar refractivity (Wildman–Crippen MR) is 106 cm³/mol. The minimum atomic E-state index is -0.800. The Morgan fingerprint density at radius 3 is 2.54 bits per heavy atom. The van der Waals surface area contributed by atoms with Crippen LogP contribution in [0, 0.1) is 28.6 Å². The molecule has 4 fully saturated rings. The maximum absolute atomic E-state index is 13.0. The van der Waals surface area contributed by atoms with Crippen LogP contribution in [0.5, 0.6) is 0 Å². The number of ketones is 2. The van der Waals surface area contributed by atoms with Crippen molar-refractivity contribution < 1.29 is 19.1 Å². The van der Waals surface area contributed by atoms with E-state index in [0.29, 0.717) is 30.0 Å². The minimum absolute atomic E-state index is 0.133. The highest BCUT2D eigenvalue weighted by Gasteiger charge is 2.75. The second kappa shape index (κ2) is 5.57. The Kier molecular flexibility index (Phi) is 3.78. The minimum Gasteiger partial charge on any atom is -0.344 e. The molecule has 0 radical (unpaired) electrons. The summed E-state index contributed by atoms with van der Waals surface area (Å²) in [5, 5.41) is 0. The van der Waals surface area contributed by atoms with E-state index in [-0.39, 0.29) is 22.7 Å². The number of ether oxygens (including phenoxy) is 2. The summed E-state index contributed by atoms with van der Waals surface area (Å²) < 4.78 is 12.8. The van der Waals surface area contributed by atoms with Gasteiger partial charge in [-0.05, 0) is 88.5 Å². The second-order valence-electron chi connectivity index (χ2n) is 11.1. The first kappa shape index (κ1) is 19.0. The number of hydrogen-bond donors (Lipinski definition) is 0. The fourth-order valence-electron chi connectivity index (χ4n) is 8.31. The van der Waals surface area contributed by atoms with Crippen molar-refractivity contribution in [3.8, 4) is 0 Å². The summed E-state index contributed by atoms with van der Waals surface area (Å²) in [5.41, 5.74) is 0.577. The standard InChI is InChI=1S/C24H34O4/c1-14(25)24-20(27-21(2,3)28-24)13-19-17-7-6-15-12-16(26)8-10-22(15,4)18(17)9-11-23(19,24)5/h12,17-20H,6-11,13H2,1-5H3/t17?,18?,19?,20?,22-,23-,24+/m0/s1. The zero-order valence-corrected chi connectivity index (χ0v) is 18.0. The van der Waals surface area contributed by atoms with Crippen molar-refractivity contribution in [2.24, 2.45) is 28.6 Å². The van der Waals surface area contributed by atoms with E-state index in [1.165, 1.54) is 5.57 Å². The van der Waals surface area contributed by atoms with Crippen LogP contribution >= 0.6 is 0 Å². The highest BCUT2D eigenvalue weighted by atomic mass is 16.8. The van der Waals surface area contributed by atoms with Crippen molar-refractivity contribution in [2.75, 3.05) is 0 Å². The Balaban J connectivity index is 1.54. The summed E-state index contributed by atoms with van der Waals surface area (Å²) in [6.45, 7) is 10.3. The molecule has 3 saturated carbocycles. The smallest absolute Gasteiger partial charge is 0.164 e. The van der Waals surface area contributed by atoms with E-state index in [1.807, 2.05) is 19.9 Å². The van der Waals surface area contributed by atoms with E-state index in [9.17, 15) is 9.59 Å². The number of fused-ring (bicyclic) bond motifs is 7. The molecule has 0 aromatic heterocycles. The molecule has 0 bridgehead atoms. The molecule has 4 nitrogen and oxygen atoms in total. The molecule has 4 aliphatic carbocycles. The third-order valence-corrected chi connectivity index (χ3v) is 9.48. The van der Waals surface area contributed by atoms with Crippen molar-refractivity contribution in [3.05, 3.63) is 11.6 Å². The largest absolute Gasteiger partial charge is 0.344 e. The first-order valence-electron chi connectivity index (χ1n) is 11.2. The Labute approximate surface area is 168 Å². The molecule has 28 heavy (non-hydrogen) atoms. The van der Waals surface area contributed by atoms with Crippen LogP contribution in [0.3, 0.4) is 0 Å². The second-order valence-corrected chi connectivity index (χ2v) is 11.1. The molecule has 0 amide bonds. The molecule has 4 unspecified atom stereocenters. The summed E-state index contributed by atoms with van der Waals surface area (Å²) in [5.74, 6) is 1.39. The molecule has 7 atom stereocenters. The van der Waals surface area contributed by atoms with Crippen molar-refractivity contribution >= 4 is 11.6 Å². The van der Waals surface area contributed by atoms with Crippen LogP contribution in [0.25, 0.3) is 0 Å². The summed E-state index contributed by atoms with van der Waals surface area (Å²) >= 11 is 0. The highest BCUT2D eigenvalue weighted by molar-refractivity contribution is 5.91. The van der Waals surface area contributed by atoms with Gasteiger partial charge in [0, 0.05) is 11.8 Å². The number of rotatable bonds is 1. The molecule has 4 heteroatoms. The third kappa shape index (κ3) is 2.14. The summed E-state index contributed by atoms with van der Waals surface area (Å²) in [4.78, 5) is 25.1. The van der Waals surface area contributed by atoms with Gasteiger partial charge in [-0.1, -0.05) is 19.4 Å². The van der Waals surface area contributed by atoms with Gasteiger partial charge in [-0.25, -0.2) is 0 Å². The molecule has 0 aromatic carbocycles. The number of hydrogen-bond acceptors (Lipinski definition) is 4. The third-order valence-electron chi connectivity index (χ3n) is 9.48. The van der Waals surface area contributed by atoms with Gasteiger partial charge in [-0.2, -0.15) is 0 Å². The summed E-state index contributed by atoms with van der Waals surface area (Å²) in [7, 11) is 0. The SMILES string of the molecule is CC(=O)[C@@]12OC(C)(C)OC1CC1C3CCC4=CC(=O)CC[C@]4(C)C3CC[C@@]12C. The Hall–Kier alpha value is -1.00. The number of carbonyl (C=O) groups is 2. The van der Waals surface area contributed by atoms with Gasteiger partial charge >= 0.3 is 0 Å². The predicted octanol–water partition coefficient (Wildman–Crippen LogP) is 4.61. The molecular formula is C24H34O4. The highest BCUT2D eigenvalue weighted by Crippen LogP contribution is 2.70. The maximum atomic E-state index is 13.0. The lowest BCUT2D eigenvalue weighted by molar-refractivity contribution is -0.214. The summed E-state index contributed by atoms with van der Waals surface area (Å²) in [6, 6.07) is 0. The van der Waals surface area contributed by atoms with Crippen molar-refractivity contribution in [2.45, 2.75) is 97.1 Å². The molecule has 5 rings (SSSR count). The fourth-order valence-corrected chi connectivity index (χ4v) is 8.31. The van der Waals surface area contributed by atoms with Gasteiger partial charge in [-0.3, -0.25) is 9.59 Å². The molecule has 5 aliphatic rings. The van der Waals surface area contributed by atoms with Gasteiger partial charge < -0.3 is 9.47 Å². The number of allylic oxidation sites excluding steroid dienone is 1. The molecule has 1 aliphatic heterocycles. The van der Waals surface area contributed by atoms with Gasteiger partial charge in [0.2, 0.25) is 0 Å². The molecule has 1 heterocycles. The van der Waals surface area contributed by atoms with Crippen LogP contribution < -0.4 is 0 Å². The van der Waals surface area contributed by atoms with Gasteiger partial charge in [0.15, 0.2) is 23.0 Å². The van der Waals surface area contributed by atoms with Crippen molar-refractivity contribution in [1.29, 1.82) is 0 Å². The lowest BCUT2D eigenvalue weighted by Crippen LogP contribution is -2.59.